The number of carbonyl (C=O) groups excluding carboxylic acids is 3. The van der Waals surface area contributed by atoms with Crippen molar-refractivity contribution in [3.8, 4) is 11.5 Å². The van der Waals surface area contributed by atoms with Gasteiger partial charge in [-0.25, -0.2) is 4.90 Å². The zero-order chi connectivity index (χ0) is 26.7. The van der Waals surface area contributed by atoms with Gasteiger partial charge in [0.25, 0.3) is 11.5 Å². The topological polar surface area (TPSA) is 94.9 Å². The van der Waals surface area contributed by atoms with E-state index in [9.17, 15) is 19.2 Å². The van der Waals surface area contributed by atoms with Gasteiger partial charge >= 0.3 is 5.97 Å². The largest absolute Gasteiger partial charge is 0.497 e. The van der Waals surface area contributed by atoms with Crippen LogP contribution in [0.1, 0.15) is 50.5 Å². The van der Waals surface area contributed by atoms with Crippen LogP contribution in [-0.2, 0) is 23.1 Å². The van der Waals surface area contributed by atoms with Crippen LogP contribution in [0, 0.1) is 11.8 Å². The summed E-state index contributed by atoms with van der Waals surface area (Å²) in [5.74, 6) is -2.58. The molecule has 0 aliphatic carbocycles. The highest BCUT2D eigenvalue weighted by Gasteiger charge is 2.34. The van der Waals surface area contributed by atoms with E-state index in [1.807, 2.05) is 19.1 Å². The van der Waals surface area contributed by atoms with Crippen LogP contribution in [0.4, 0.5) is 5.69 Å². The number of hydrogen-bond donors (Lipinski definition) is 0. The quantitative estimate of drug-likeness (QED) is 0.451. The number of anilines is 1. The maximum atomic E-state index is 14.1. The van der Waals surface area contributed by atoms with Gasteiger partial charge in [-0.3, -0.25) is 19.2 Å². The number of hydrogen-bond acceptors (Lipinski definition) is 6. The number of carbonyl (C=O) groups is 3. The molecule has 0 aliphatic heterocycles. The molecule has 2 amide bonds. The van der Waals surface area contributed by atoms with Gasteiger partial charge in [0.1, 0.15) is 11.3 Å². The molecule has 1 aromatic heterocycles. The van der Waals surface area contributed by atoms with E-state index >= 15 is 0 Å². The van der Waals surface area contributed by atoms with E-state index in [-0.39, 0.29) is 17.0 Å². The van der Waals surface area contributed by atoms with Gasteiger partial charge in [-0.2, -0.15) is 0 Å². The first-order valence-corrected chi connectivity index (χ1v) is 11.9. The fraction of sp³-hybridized carbons (Fsp3) is 0.357. The molecule has 3 aromatic rings. The summed E-state index contributed by atoms with van der Waals surface area (Å²) < 4.78 is 12.3. The van der Waals surface area contributed by atoms with Crippen LogP contribution in [0.5, 0.6) is 11.5 Å². The summed E-state index contributed by atoms with van der Waals surface area (Å²) >= 11 is 0. The summed E-state index contributed by atoms with van der Waals surface area (Å²) in [6, 6.07) is 11.8. The highest BCUT2D eigenvalue weighted by Crippen LogP contribution is 2.34. The van der Waals surface area contributed by atoms with Gasteiger partial charge < -0.3 is 14.0 Å². The number of imide groups is 1. The number of esters is 1. The van der Waals surface area contributed by atoms with Crippen LogP contribution in [0.2, 0.25) is 0 Å². The summed E-state index contributed by atoms with van der Waals surface area (Å²) in [5.41, 5.74) is 0.558. The average molecular weight is 493 g/mol. The number of methoxy groups -OCH3 is 1. The van der Waals surface area contributed by atoms with E-state index in [4.69, 9.17) is 9.47 Å². The number of nitrogens with zero attached hydrogens (tertiary/aromatic N) is 2. The molecule has 2 aromatic carbocycles. The van der Waals surface area contributed by atoms with Gasteiger partial charge in [-0.1, -0.05) is 46.8 Å². The first kappa shape index (κ1) is 26.7. The first-order chi connectivity index (χ1) is 17.0. The summed E-state index contributed by atoms with van der Waals surface area (Å²) in [6.07, 6.45) is 0.572. The predicted octanol–water partition coefficient (Wildman–Crippen LogP) is 4.50. The smallest absolute Gasteiger partial charge is 0.313 e. The van der Waals surface area contributed by atoms with Crippen molar-refractivity contribution in [2.45, 2.75) is 41.0 Å². The molecule has 0 atom stereocenters. The molecule has 8 nitrogen and oxygen atoms in total. The Morgan fingerprint density at radius 3 is 2.14 bits per heavy atom. The van der Waals surface area contributed by atoms with E-state index in [0.29, 0.717) is 23.1 Å². The molecular formula is C28H32N2O6. The molecule has 190 valence electrons. The Morgan fingerprint density at radius 1 is 0.972 bits per heavy atom. The van der Waals surface area contributed by atoms with Crippen molar-refractivity contribution in [3.05, 3.63) is 63.9 Å². The normalized spacial score (nSPS) is 11.1. The van der Waals surface area contributed by atoms with Crippen LogP contribution in [-0.4, -0.2) is 29.5 Å². The number of fused-ring (bicyclic) bond motifs is 1. The Labute approximate surface area is 210 Å². The third-order valence-electron chi connectivity index (χ3n) is 5.98. The van der Waals surface area contributed by atoms with Crippen LogP contribution in [0.15, 0.2) is 47.3 Å². The van der Waals surface area contributed by atoms with E-state index in [1.54, 1.807) is 65.1 Å². The third-order valence-corrected chi connectivity index (χ3v) is 5.98. The van der Waals surface area contributed by atoms with Crippen LogP contribution in [0.25, 0.3) is 10.9 Å². The third kappa shape index (κ3) is 4.89. The standard InChI is InChI=1S/C28H32N2O6/c1-8-18-10-9-11-21-22(18)24(36-28(34)17(4)5)23(26(32)29(21)6)27(33)30(25(31)16(2)3)19-12-14-20(35-7)15-13-19/h9-17H,8H2,1-7H3. The molecule has 0 spiro atoms. The van der Waals surface area contributed by atoms with Crippen molar-refractivity contribution in [2.75, 3.05) is 12.0 Å². The molecule has 0 saturated heterocycles. The Hall–Kier alpha value is -3.94. The molecule has 0 fully saturated rings. The molecule has 0 N–H and O–H groups in total. The van der Waals surface area contributed by atoms with Crippen molar-refractivity contribution in [1.29, 1.82) is 0 Å². The Morgan fingerprint density at radius 2 is 1.61 bits per heavy atom. The molecule has 3 rings (SSSR count). The van der Waals surface area contributed by atoms with E-state index in [2.05, 4.69) is 0 Å². The molecule has 0 radical (unpaired) electrons. The van der Waals surface area contributed by atoms with Crippen molar-refractivity contribution in [3.63, 3.8) is 0 Å². The molecule has 1 heterocycles. The Balaban J connectivity index is 2.39. The molecule has 8 heteroatoms. The van der Waals surface area contributed by atoms with Gasteiger partial charge in [-0.05, 0) is 42.3 Å². The molecular weight excluding hydrogens is 460 g/mol. The fourth-order valence-corrected chi connectivity index (χ4v) is 3.88. The second-order valence-electron chi connectivity index (χ2n) is 9.14. The van der Waals surface area contributed by atoms with Gasteiger partial charge in [0.15, 0.2) is 5.75 Å². The summed E-state index contributed by atoms with van der Waals surface area (Å²) in [4.78, 5) is 54.7. The maximum Gasteiger partial charge on any atom is 0.313 e. The van der Waals surface area contributed by atoms with Crippen LogP contribution >= 0.6 is 0 Å². The van der Waals surface area contributed by atoms with Crippen molar-refractivity contribution in [2.24, 2.45) is 18.9 Å². The number of aromatic nitrogens is 1. The molecule has 0 unspecified atom stereocenters. The maximum absolute atomic E-state index is 14.1. The minimum atomic E-state index is -0.862. The second kappa shape index (κ2) is 10.8. The SMILES string of the molecule is CCc1cccc2c1c(OC(=O)C(C)C)c(C(=O)N(C(=O)C(C)C)c1ccc(OC)cc1)c(=O)n2C. The summed E-state index contributed by atoms with van der Waals surface area (Å²) in [7, 11) is 3.06. The van der Waals surface area contributed by atoms with Crippen LogP contribution in [0.3, 0.4) is 0 Å². The fourth-order valence-electron chi connectivity index (χ4n) is 3.88. The molecule has 0 bridgehead atoms. The average Bonchev–Trinajstić information content (AvgIpc) is 2.86. The second-order valence-corrected chi connectivity index (χ2v) is 9.14. The van der Waals surface area contributed by atoms with Gasteiger partial charge in [0.05, 0.1) is 24.2 Å². The Kier molecular flexibility index (Phi) is 7.97. The predicted molar refractivity (Wildman–Crippen MR) is 139 cm³/mol. The molecule has 0 aliphatic rings. The number of benzene rings is 2. The van der Waals surface area contributed by atoms with Crippen molar-refractivity contribution >= 4 is 34.4 Å². The molecule has 36 heavy (non-hydrogen) atoms. The number of pyridine rings is 1. The highest BCUT2D eigenvalue weighted by molar-refractivity contribution is 6.23. The lowest BCUT2D eigenvalue weighted by Crippen LogP contribution is -2.43. The monoisotopic (exact) mass is 492 g/mol. The van der Waals surface area contributed by atoms with E-state index in [0.717, 1.165) is 10.5 Å². The number of amides is 2. The summed E-state index contributed by atoms with van der Waals surface area (Å²) in [6.45, 7) is 8.60. The lowest BCUT2D eigenvalue weighted by Gasteiger charge is -2.25. The molecule has 0 saturated carbocycles. The van der Waals surface area contributed by atoms with Gasteiger partial charge in [-0.15, -0.1) is 0 Å². The van der Waals surface area contributed by atoms with E-state index < -0.39 is 35.2 Å². The van der Waals surface area contributed by atoms with Gasteiger partial charge in [0.2, 0.25) is 5.91 Å². The number of aryl methyl sites for hydroxylation is 2. The van der Waals surface area contributed by atoms with Crippen LogP contribution < -0.4 is 19.9 Å². The minimum absolute atomic E-state index is 0.121. The van der Waals surface area contributed by atoms with Gasteiger partial charge in [0, 0.05) is 18.4 Å². The Bertz CT molecular complexity index is 1370. The number of ether oxygens (including phenoxy) is 2. The lowest BCUT2D eigenvalue weighted by molar-refractivity contribution is -0.137. The van der Waals surface area contributed by atoms with Crippen molar-refractivity contribution < 1.29 is 23.9 Å². The lowest BCUT2D eigenvalue weighted by atomic mass is 10.0. The first-order valence-electron chi connectivity index (χ1n) is 11.9. The number of rotatable bonds is 7. The van der Waals surface area contributed by atoms with Crippen molar-refractivity contribution in [1.82, 2.24) is 4.57 Å². The highest BCUT2D eigenvalue weighted by atomic mass is 16.5. The zero-order valence-corrected chi connectivity index (χ0v) is 21.7. The summed E-state index contributed by atoms with van der Waals surface area (Å²) in [5, 5.41) is 0.492. The van der Waals surface area contributed by atoms with E-state index in [1.165, 1.54) is 11.7 Å². The zero-order valence-electron chi connectivity index (χ0n) is 21.7. The minimum Gasteiger partial charge on any atom is -0.497 e.